The number of benzene rings is 1. The minimum atomic E-state index is 0.0934. The van der Waals surface area contributed by atoms with Crippen molar-refractivity contribution in [1.29, 1.82) is 0 Å². The number of nitrogens with zero attached hydrogens (tertiary/aromatic N) is 1. The Morgan fingerprint density at radius 2 is 2.06 bits per heavy atom. The van der Waals surface area contributed by atoms with Crippen LogP contribution in [0.4, 0.5) is 11.4 Å². The van der Waals surface area contributed by atoms with Crippen molar-refractivity contribution in [3.63, 3.8) is 0 Å². The first-order chi connectivity index (χ1) is 8.02. The minimum absolute atomic E-state index is 0.0934. The number of rotatable bonds is 2. The van der Waals surface area contributed by atoms with E-state index in [-0.39, 0.29) is 11.8 Å². The Morgan fingerprint density at radius 1 is 1.41 bits per heavy atom. The van der Waals surface area contributed by atoms with Crippen molar-refractivity contribution in [2.75, 3.05) is 17.2 Å². The third kappa shape index (κ3) is 2.40. The van der Waals surface area contributed by atoms with Crippen molar-refractivity contribution in [2.45, 2.75) is 6.42 Å². The van der Waals surface area contributed by atoms with Gasteiger partial charge in [0.1, 0.15) is 0 Å². The average molecular weight is 360 g/mol. The molecular formula is C12H12Br2N2O. The molecule has 17 heavy (non-hydrogen) atoms. The number of carbonyl (C=O) groups excluding carboxylic acids is 1. The van der Waals surface area contributed by atoms with E-state index in [4.69, 9.17) is 5.73 Å². The standard InChI is InChI=1S/C12H12Br2N2O/c1-2-7-3-12(17)16(6-7)11-5-9(14)8(13)4-10(11)15/h2,4-5,7H,1,3,6,15H2. The third-order valence-corrected chi connectivity index (χ3v) is 4.69. The zero-order valence-electron chi connectivity index (χ0n) is 9.12. The number of nitrogens with two attached hydrogens (primary N) is 1. The summed E-state index contributed by atoms with van der Waals surface area (Å²) in [4.78, 5) is 13.6. The first kappa shape index (κ1) is 12.6. The molecule has 0 bridgehead atoms. The van der Waals surface area contributed by atoms with Gasteiger partial charge in [-0.1, -0.05) is 6.08 Å². The van der Waals surface area contributed by atoms with Crippen molar-refractivity contribution >= 4 is 49.1 Å². The van der Waals surface area contributed by atoms with Crippen molar-refractivity contribution < 1.29 is 4.79 Å². The molecule has 0 radical (unpaired) electrons. The van der Waals surface area contributed by atoms with Crippen LogP contribution in [0.5, 0.6) is 0 Å². The third-order valence-electron chi connectivity index (χ3n) is 2.85. The predicted molar refractivity (Wildman–Crippen MR) is 76.9 cm³/mol. The lowest BCUT2D eigenvalue weighted by Gasteiger charge is -2.19. The molecule has 1 atom stereocenters. The number of anilines is 2. The molecule has 0 saturated carbocycles. The lowest BCUT2D eigenvalue weighted by molar-refractivity contribution is -0.117. The highest BCUT2D eigenvalue weighted by Crippen LogP contribution is 2.36. The van der Waals surface area contributed by atoms with Crippen LogP contribution in [0.1, 0.15) is 6.42 Å². The van der Waals surface area contributed by atoms with Gasteiger partial charge in [0.05, 0.1) is 11.4 Å². The molecular weight excluding hydrogens is 348 g/mol. The van der Waals surface area contributed by atoms with Gasteiger partial charge in [0, 0.05) is 27.8 Å². The molecule has 5 heteroatoms. The summed E-state index contributed by atoms with van der Waals surface area (Å²) < 4.78 is 1.77. The Labute approximate surface area is 117 Å². The Kier molecular flexibility index (Phi) is 3.58. The van der Waals surface area contributed by atoms with Crippen LogP contribution in [0, 0.1) is 5.92 Å². The normalized spacial score (nSPS) is 19.8. The first-order valence-electron chi connectivity index (χ1n) is 5.20. The first-order valence-corrected chi connectivity index (χ1v) is 6.79. The predicted octanol–water partition coefficient (Wildman–Crippen LogP) is 3.33. The second-order valence-electron chi connectivity index (χ2n) is 4.03. The number of hydrogen-bond acceptors (Lipinski definition) is 2. The summed E-state index contributed by atoms with van der Waals surface area (Å²) in [6.07, 6.45) is 2.33. The molecule has 3 nitrogen and oxygen atoms in total. The fourth-order valence-electron chi connectivity index (χ4n) is 1.91. The molecule has 1 saturated heterocycles. The zero-order chi connectivity index (χ0) is 12.6. The van der Waals surface area contributed by atoms with Crippen LogP contribution in [0.2, 0.25) is 0 Å². The second kappa shape index (κ2) is 4.82. The number of carbonyl (C=O) groups is 1. The smallest absolute Gasteiger partial charge is 0.227 e. The highest BCUT2D eigenvalue weighted by molar-refractivity contribution is 9.13. The van der Waals surface area contributed by atoms with Crippen LogP contribution < -0.4 is 10.6 Å². The van der Waals surface area contributed by atoms with E-state index in [9.17, 15) is 4.79 Å². The summed E-state index contributed by atoms with van der Waals surface area (Å²) in [6.45, 7) is 4.39. The van der Waals surface area contributed by atoms with Gasteiger partial charge in [-0.3, -0.25) is 4.79 Å². The molecule has 1 aromatic carbocycles. The number of amides is 1. The van der Waals surface area contributed by atoms with Gasteiger partial charge in [-0.05, 0) is 44.0 Å². The average Bonchev–Trinajstić information content (AvgIpc) is 2.65. The van der Waals surface area contributed by atoms with Crippen LogP contribution in [0.3, 0.4) is 0 Å². The van der Waals surface area contributed by atoms with Crippen molar-refractivity contribution in [3.8, 4) is 0 Å². The highest BCUT2D eigenvalue weighted by Gasteiger charge is 2.30. The van der Waals surface area contributed by atoms with Crippen LogP contribution in [-0.2, 0) is 4.79 Å². The molecule has 1 fully saturated rings. The summed E-state index contributed by atoms with van der Waals surface area (Å²) in [6, 6.07) is 3.66. The molecule has 1 heterocycles. The molecule has 1 unspecified atom stereocenters. The van der Waals surface area contributed by atoms with Gasteiger partial charge in [-0.15, -0.1) is 6.58 Å². The molecule has 0 aromatic heterocycles. The lowest BCUT2D eigenvalue weighted by atomic mass is 10.1. The van der Waals surface area contributed by atoms with Gasteiger partial charge in [-0.2, -0.15) is 0 Å². The maximum atomic E-state index is 11.9. The Morgan fingerprint density at radius 3 is 2.65 bits per heavy atom. The maximum absolute atomic E-state index is 11.9. The van der Waals surface area contributed by atoms with E-state index in [1.165, 1.54) is 0 Å². The van der Waals surface area contributed by atoms with Gasteiger partial charge in [0.15, 0.2) is 0 Å². The molecule has 0 aliphatic carbocycles. The summed E-state index contributed by atoms with van der Waals surface area (Å²) in [5.41, 5.74) is 7.30. The molecule has 1 aliphatic rings. The molecule has 1 amide bonds. The van der Waals surface area contributed by atoms with Gasteiger partial charge in [-0.25, -0.2) is 0 Å². The summed E-state index contributed by atoms with van der Waals surface area (Å²) >= 11 is 6.80. The van der Waals surface area contributed by atoms with E-state index in [0.717, 1.165) is 14.6 Å². The minimum Gasteiger partial charge on any atom is -0.397 e. The van der Waals surface area contributed by atoms with E-state index in [1.54, 1.807) is 11.0 Å². The fourth-order valence-corrected chi connectivity index (χ4v) is 2.60. The van der Waals surface area contributed by atoms with Crippen LogP contribution in [-0.4, -0.2) is 12.5 Å². The quantitative estimate of drug-likeness (QED) is 0.650. The topological polar surface area (TPSA) is 46.3 Å². The van der Waals surface area contributed by atoms with Crippen LogP contribution >= 0.6 is 31.9 Å². The van der Waals surface area contributed by atoms with Crippen LogP contribution in [0.25, 0.3) is 0 Å². The largest absolute Gasteiger partial charge is 0.397 e. The fraction of sp³-hybridized carbons (Fsp3) is 0.250. The van der Waals surface area contributed by atoms with E-state index in [0.29, 0.717) is 18.7 Å². The van der Waals surface area contributed by atoms with Gasteiger partial charge in [0.25, 0.3) is 0 Å². The number of hydrogen-bond donors (Lipinski definition) is 1. The highest BCUT2D eigenvalue weighted by atomic mass is 79.9. The summed E-state index contributed by atoms with van der Waals surface area (Å²) in [7, 11) is 0. The van der Waals surface area contributed by atoms with E-state index in [1.807, 2.05) is 12.1 Å². The molecule has 2 rings (SSSR count). The van der Waals surface area contributed by atoms with E-state index in [2.05, 4.69) is 38.4 Å². The Balaban J connectivity index is 2.38. The SMILES string of the molecule is C=CC1CC(=O)N(c2cc(Br)c(Br)cc2N)C1. The Bertz CT molecular complexity index is 488. The Hall–Kier alpha value is -0.810. The molecule has 1 aliphatic heterocycles. The molecule has 2 N–H and O–H groups in total. The second-order valence-corrected chi connectivity index (χ2v) is 5.74. The van der Waals surface area contributed by atoms with E-state index < -0.39 is 0 Å². The summed E-state index contributed by atoms with van der Waals surface area (Å²) in [5, 5.41) is 0. The van der Waals surface area contributed by atoms with Crippen molar-refractivity contribution in [1.82, 2.24) is 0 Å². The van der Waals surface area contributed by atoms with Gasteiger partial charge in [0.2, 0.25) is 5.91 Å². The number of halogens is 2. The van der Waals surface area contributed by atoms with Crippen molar-refractivity contribution in [3.05, 3.63) is 33.7 Å². The van der Waals surface area contributed by atoms with Crippen molar-refractivity contribution in [2.24, 2.45) is 5.92 Å². The van der Waals surface area contributed by atoms with E-state index >= 15 is 0 Å². The molecule has 0 spiro atoms. The zero-order valence-corrected chi connectivity index (χ0v) is 12.3. The molecule has 90 valence electrons. The summed E-state index contributed by atoms with van der Waals surface area (Å²) in [5.74, 6) is 0.306. The monoisotopic (exact) mass is 358 g/mol. The number of nitrogen functional groups attached to an aromatic ring is 1. The van der Waals surface area contributed by atoms with Crippen LogP contribution in [0.15, 0.2) is 33.7 Å². The molecule has 1 aromatic rings. The lowest BCUT2D eigenvalue weighted by Crippen LogP contribution is -2.25. The van der Waals surface area contributed by atoms with Gasteiger partial charge < -0.3 is 10.6 Å². The van der Waals surface area contributed by atoms with Gasteiger partial charge >= 0.3 is 0 Å². The maximum Gasteiger partial charge on any atom is 0.227 e.